The first-order valence-corrected chi connectivity index (χ1v) is 8.94. The van der Waals surface area contributed by atoms with E-state index >= 15 is 0 Å². The van der Waals surface area contributed by atoms with E-state index in [1.54, 1.807) is 0 Å². The molecule has 2 N–H and O–H groups in total. The van der Waals surface area contributed by atoms with Crippen molar-refractivity contribution in [2.45, 2.75) is 77.7 Å². The van der Waals surface area contributed by atoms with Crippen molar-refractivity contribution < 1.29 is 9.63 Å². The lowest BCUT2D eigenvalue weighted by Crippen LogP contribution is -2.36. The quantitative estimate of drug-likeness (QED) is 0.654. The molecule has 0 bridgehead atoms. The molecule has 5 nitrogen and oxygen atoms in total. The van der Waals surface area contributed by atoms with E-state index in [1.165, 1.54) is 41.8 Å². The molecule has 5 heteroatoms. The van der Waals surface area contributed by atoms with Gasteiger partial charge < -0.3 is 10.3 Å². The van der Waals surface area contributed by atoms with Crippen molar-refractivity contribution in [1.82, 2.24) is 10.3 Å². The second-order valence-electron chi connectivity index (χ2n) is 6.69. The van der Waals surface area contributed by atoms with Crippen molar-refractivity contribution in [2.75, 3.05) is 0 Å². The summed E-state index contributed by atoms with van der Waals surface area (Å²) < 4.78 is 0. The monoisotopic (exact) mass is 317 g/mol. The Morgan fingerprint density at radius 3 is 2.78 bits per heavy atom. The Bertz CT molecular complexity index is 598. The molecule has 1 amide bonds. The Morgan fingerprint density at radius 2 is 2.04 bits per heavy atom. The maximum atomic E-state index is 12.0. The van der Waals surface area contributed by atoms with Crippen LogP contribution in [0.2, 0.25) is 0 Å². The number of aromatic amines is 1. The van der Waals surface area contributed by atoms with Crippen LogP contribution in [0.3, 0.4) is 0 Å². The molecule has 2 aliphatic carbocycles. The van der Waals surface area contributed by atoms with Crippen molar-refractivity contribution in [3.05, 3.63) is 22.5 Å². The predicted molar refractivity (Wildman–Crippen MR) is 90.9 cm³/mol. The Hall–Kier alpha value is -1.78. The molecule has 3 rings (SSSR count). The molecule has 2 aliphatic rings. The summed E-state index contributed by atoms with van der Waals surface area (Å²) >= 11 is 0. The number of hydrogen-bond acceptors (Lipinski definition) is 3. The maximum absolute atomic E-state index is 12.0. The van der Waals surface area contributed by atoms with Crippen LogP contribution in [0.4, 0.5) is 4.79 Å². The molecule has 1 heterocycles. The average Bonchev–Trinajstić information content (AvgIpc) is 2.89. The fourth-order valence-corrected chi connectivity index (χ4v) is 3.90. The van der Waals surface area contributed by atoms with E-state index in [1.807, 2.05) is 0 Å². The van der Waals surface area contributed by atoms with Crippen molar-refractivity contribution in [3.8, 4) is 0 Å². The van der Waals surface area contributed by atoms with Gasteiger partial charge in [0.1, 0.15) is 0 Å². The van der Waals surface area contributed by atoms with E-state index < -0.39 is 6.09 Å². The van der Waals surface area contributed by atoms with Gasteiger partial charge in [-0.3, -0.25) is 4.84 Å². The molecule has 1 aromatic rings. The highest BCUT2D eigenvalue weighted by Gasteiger charge is 2.23. The number of carbonyl (C=O) groups excluding carboxylic acids is 1. The van der Waals surface area contributed by atoms with Gasteiger partial charge in [0.25, 0.3) is 0 Å². The summed E-state index contributed by atoms with van der Waals surface area (Å²) in [6.45, 7) is 4.25. The van der Waals surface area contributed by atoms with E-state index in [2.05, 4.69) is 29.3 Å². The molecule has 0 radical (unpaired) electrons. The third-order valence-electron chi connectivity index (χ3n) is 5.04. The fraction of sp³-hybridized carbons (Fsp3) is 0.667. The summed E-state index contributed by atoms with van der Waals surface area (Å²) in [5.74, 6) is 0. The molecule has 1 saturated carbocycles. The fourth-order valence-electron chi connectivity index (χ4n) is 3.90. The van der Waals surface area contributed by atoms with Gasteiger partial charge >= 0.3 is 6.09 Å². The van der Waals surface area contributed by atoms with Gasteiger partial charge in [0.2, 0.25) is 0 Å². The lowest BCUT2D eigenvalue weighted by molar-refractivity contribution is 0.143. The topological polar surface area (TPSA) is 66.5 Å². The highest BCUT2D eigenvalue weighted by Crippen LogP contribution is 2.28. The van der Waals surface area contributed by atoms with Crippen LogP contribution < -0.4 is 5.32 Å². The molecular weight excluding hydrogens is 290 g/mol. The van der Waals surface area contributed by atoms with Gasteiger partial charge in [0.05, 0.1) is 5.71 Å². The van der Waals surface area contributed by atoms with Gasteiger partial charge in [-0.05, 0) is 51.0 Å². The molecule has 1 fully saturated rings. The number of aromatic nitrogens is 1. The molecule has 0 aliphatic heterocycles. The minimum Gasteiger partial charge on any atom is -0.362 e. The summed E-state index contributed by atoms with van der Waals surface area (Å²) in [7, 11) is 0. The lowest BCUT2D eigenvalue weighted by atomic mass is 9.92. The van der Waals surface area contributed by atoms with Crippen LogP contribution in [0.5, 0.6) is 0 Å². The molecule has 0 unspecified atom stereocenters. The van der Waals surface area contributed by atoms with Gasteiger partial charge in [-0.1, -0.05) is 31.3 Å². The highest BCUT2D eigenvalue weighted by atomic mass is 16.7. The smallest absolute Gasteiger partial charge is 0.362 e. The Labute approximate surface area is 137 Å². The Kier molecular flexibility index (Phi) is 5.03. The largest absolute Gasteiger partial charge is 0.433 e. The second-order valence-corrected chi connectivity index (χ2v) is 6.69. The number of H-pyrrole nitrogens is 1. The molecule has 0 aromatic carbocycles. The van der Waals surface area contributed by atoms with Crippen LogP contribution in [-0.4, -0.2) is 22.8 Å². The van der Waals surface area contributed by atoms with Crippen LogP contribution in [0, 0.1) is 6.92 Å². The average molecular weight is 317 g/mol. The molecule has 126 valence electrons. The maximum Gasteiger partial charge on any atom is 0.433 e. The van der Waals surface area contributed by atoms with Crippen molar-refractivity contribution in [1.29, 1.82) is 0 Å². The number of fused-ring (bicyclic) bond motifs is 1. The summed E-state index contributed by atoms with van der Waals surface area (Å²) in [6.07, 6.45) is 9.24. The minimum absolute atomic E-state index is 0.249. The van der Waals surface area contributed by atoms with Crippen LogP contribution in [0.15, 0.2) is 5.16 Å². The number of aryl methyl sites for hydroxylation is 2. The van der Waals surface area contributed by atoms with Crippen LogP contribution >= 0.6 is 0 Å². The van der Waals surface area contributed by atoms with Crippen molar-refractivity contribution in [2.24, 2.45) is 5.16 Å². The van der Waals surface area contributed by atoms with E-state index in [0.717, 1.165) is 44.2 Å². The van der Waals surface area contributed by atoms with Crippen LogP contribution in [0.25, 0.3) is 0 Å². The summed E-state index contributed by atoms with van der Waals surface area (Å²) in [5, 5.41) is 7.14. The lowest BCUT2D eigenvalue weighted by Gasteiger charge is -2.21. The van der Waals surface area contributed by atoms with Gasteiger partial charge in [0, 0.05) is 23.0 Å². The van der Waals surface area contributed by atoms with Crippen molar-refractivity contribution in [3.63, 3.8) is 0 Å². The predicted octanol–water partition coefficient (Wildman–Crippen LogP) is 3.98. The number of carbonyl (C=O) groups is 1. The first-order chi connectivity index (χ1) is 11.2. The number of rotatable bonds is 3. The first-order valence-electron chi connectivity index (χ1n) is 8.94. The van der Waals surface area contributed by atoms with Crippen molar-refractivity contribution >= 4 is 11.8 Å². The minimum atomic E-state index is -0.415. The van der Waals surface area contributed by atoms with Gasteiger partial charge in [0.15, 0.2) is 0 Å². The summed E-state index contributed by atoms with van der Waals surface area (Å²) in [6, 6.07) is 0.249. The zero-order valence-corrected chi connectivity index (χ0v) is 14.2. The van der Waals surface area contributed by atoms with E-state index in [0.29, 0.717) is 0 Å². The Balaban J connectivity index is 1.68. The zero-order chi connectivity index (χ0) is 16.2. The standard InChI is InChI=1S/C18H27N3O2/c1-3-14-12(2)19-15-10-7-11-16(17(14)15)21-23-18(22)20-13-8-5-4-6-9-13/h13,19H,3-11H2,1-2H3,(H,20,22)/b21-16+. The van der Waals surface area contributed by atoms with Gasteiger partial charge in [-0.25, -0.2) is 4.79 Å². The molecule has 1 aromatic heterocycles. The van der Waals surface area contributed by atoms with E-state index in [4.69, 9.17) is 4.84 Å². The summed E-state index contributed by atoms with van der Waals surface area (Å²) in [4.78, 5) is 20.6. The van der Waals surface area contributed by atoms with E-state index in [-0.39, 0.29) is 6.04 Å². The SMILES string of the molecule is CCc1c(C)[nH]c2c1/C(=N/OC(=O)NC1CCCCC1)CCC2. The number of nitrogens with one attached hydrogen (secondary N) is 2. The van der Waals surface area contributed by atoms with Crippen LogP contribution in [-0.2, 0) is 17.7 Å². The molecule has 0 saturated heterocycles. The summed E-state index contributed by atoms with van der Waals surface area (Å²) in [5.41, 5.74) is 5.84. The number of nitrogens with zero attached hydrogens (tertiary/aromatic N) is 1. The normalized spacial score (nSPS) is 20.3. The third-order valence-corrected chi connectivity index (χ3v) is 5.04. The molecule has 0 spiro atoms. The van der Waals surface area contributed by atoms with Gasteiger partial charge in [-0.15, -0.1) is 0 Å². The second kappa shape index (κ2) is 7.20. The third kappa shape index (κ3) is 3.59. The zero-order valence-electron chi connectivity index (χ0n) is 14.2. The Morgan fingerprint density at radius 1 is 1.26 bits per heavy atom. The van der Waals surface area contributed by atoms with Crippen LogP contribution in [0.1, 0.15) is 74.4 Å². The highest BCUT2D eigenvalue weighted by molar-refractivity contribution is 6.04. The number of oxime groups is 1. The molecule has 23 heavy (non-hydrogen) atoms. The number of hydrogen-bond donors (Lipinski definition) is 2. The van der Waals surface area contributed by atoms with E-state index in [9.17, 15) is 4.79 Å². The van der Waals surface area contributed by atoms with Gasteiger partial charge in [-0.2, -0.15) is 0 Å². The first kappa shape index (κ1) is 16.1. The number of amides is 1. The molecular formula is C18H27N3O2. The molecule has 0 atom stereocenters.